The van der Waals surface area contributed by atoms with Crippen LogP contribution in [0.15, 0.2) is 53.1 Å². The zero-order valence-electron chi connectivity index (χ0n) is 13.9. The van der Waals surface area contributed by atoms with E-state index in [9.17, 15) is 4.79 Å². The van der Waals surface area contributed by atoms with Gasteiger partial charge in [-0.25, -0.2) is 0 Å². The van der Waals surface area contributed by atoms with Gasteiger partial charge in [0.05, 0.1) is 0 Å². The molecular formula is C19H19N3O2. The van der Waals surface area contributed by atoms with Crippen molar-refractivity contribution in [2.45, 2.75) is 26.8 Å². The molecule has 1 amide bonds. The number of nitrogens with one attached hydrogen (secondary N) is 1. The standard InChI is InChI=1S/C19H19N3O2/c1-12-8-10-15(11-9-12)17-21-19(24-22-17)14(3)20-18(23)16-7-5-4-6-13(16)2/h4-11,14H,1-3H3,(H,20,23)/t14-/m0/s1. The Morgan fingerprint density at radius 1 is 1.08 bits per heavy atom. The van der Waals surface area contributed by atoms with Crippen molar-refractivity contribution < 1.29 is 9.32 Å². The van der Waals surface area contributed by atoms with E-state index in [1.165, 1.54) is 5.56 Å². The van der Waals surface area contributed by atoms with E-state index in [4.69, 9.17) is 4.52 Å². The molecule has 0 aliphatic rings. The van der Waals surface area contributed by atoms with Gasteiger partial charge in [0.25, 0.3) is 5.91 Å². The summed E-state index contributed by atoms with van der Waals surface area (Å²) in [5, 5.41) is 6.89. The molecule has 0 aliphatic heterocycles. The summed E-state index contributed by atoms with van der Waals surface area (Å²) in [5.41, 5.74) is 3.62. The lowest BCUT2D eigenvalue weighted by molar-refractivity contribution is 0.0932. The maximum Gasteiger partial charge on any atom is 0.252 e. The number of rotatable bonds is 4. The van der Waals surface area contributed by atoms with Crippen LogP contribution >= 0.6 is 0 Å². The van der Waals surface area contributed by atoms with Crippen molar-refractivity contribution in [3.63, 3.8) is 0 Å². The van der Waals surface area contributed by atoms with Gasteiger partial charge >= 0.3 is 0 Å². The number of carbonyl (C=O) groups excluding carboxylic acids is 1. The Morgan fingerprint density at radius 3 is 2.50 bits per heavy atom. The molecule has 0 radical (unpaired) electrons. The predicted molar refractivity (Wildman–Crippen MR) is 91.5 cm³/mol. The van der Waals surface area contributed by atoms with Gasteiger partial charge in [-0.3, -0.25) is 4.79 Å². The van der Waals surface area contributed by atoms with Crippen molar-refractivity contribution in [2.24, 2.45) is 0 Å². The van der Waals surface area contributed by atoms with E-state index in [1.54, 1.807) is 6.07 Å². The van der Waals surface area contributed by atoms with Crippen LogP contribution in [0.5, 0.6) is 0 Å². The van der Waals surface area contributed by atoms with Crippen LogP contribution in [0.1, 0.15) is 40.3 Å². The summed E-state index contributed by atoms with van der Waals surface area (Å²) in [6.07, 6.45) is 0. The highest BCUT2D eigenvalue weighted by Gasteiger charge is 2.18. The smallest absolute Gasteiger partial charge is 0.252 e. The molecule has 3 rings (SSSR count). The van der Waals surface area contributed by atoms with Crippen molar-refractivity contribution in [1.82, 2.24) is 15.5 Å². The van der Waals surface area contributed by atoms with Crippen molar-refractivity contribution in [3.8, 4) is 11.4 Å². The lowest BCUT2D eigenvalue weighted by Crippen LogP contribution is -2.27. The molecule has 1 atom stereocenters. The van der Waals surface area contributed by atoms with Crippen LogP contribution in [0.25, 0.3) is 11.4 Å². The van der Waals surface area contributed by atoms with E-state index < -0.39 is 0 Å². The van der Waals surface area contributed by atoms with E-state index in [0.717, 1.165) is 11.1 Å². The third-order valence-corrected chi connectivity index (χ3v) is 3.86. The summed E-state index contributed by atoms with van der Waals surface area (Å²) in [6, 6.07) is 15.0. The first kappa shape index (κ1) is 15.9. The lowest BCUT2D eigenvalue weighted by atomic mass is 10.1. The van der Waals surface area contributed by atoms with Crippen LogP contribution in [0.3, 0.4) is 0 Å². The first-order valence-electron chi connectivity index (χ1n) is 7.82. The summed E-state index contributed by atoms with van der Waals surface area (Å²) >= 11 is 0. The number of aryl methyl sites for hydroxylation is 2. The van der Waals surface area contributed by atoms with Crippen molar-refractivity contribution >= 4 is 5.91 Å². The first-order chi connectivity index (χ1) is 11.5. The second kappa shape index (κ2) is 6.66. The van der Waals surface area contributed by atoms with Crippen LogP contribution in [-0.2, 0) is 0 Å². The summed E-state index contributed by atoms with van der Waals surface area (Å²) < 4.78 is 5.30. The number of hydrogen-bond donors (Lipinski definition) is 1. The molecule has 3 aromatic rings. The zero-order chi connectivity index (χ0) is 17.1. The average molecular weight is 321 g/mol. The number of aromatic nitrogens is 2. The Bertz CT molecular complexity index is 853. The fourth-order valence-electron chi connectivity index (χ4n) is 2.39. The molecular weight excluding hydrogens is 302 g/mol. The second-order valence-corrected chi connectivity index (χ2v) is 5.83. The minimum Gasteiger partial charge on any atom is -0.341 e. The van der Waals surface area contributed by atoms with E-state index in [2.05, 4.69) is 15.5 Å². The number of amides is 1. The molecule has 2 aromatic carbocycles. The monoisotopic (exact) mass is 321 g/mol. The summed E-state index contributed by atoms with van der Waals surface area (Å²) in [7, 11) is 0. The van der Waals surface area contributed by atoms with Gasteiger partial charge in [0.15, 0.2) is 0 Å². The molecule has 1 N–H and O–H groups in total. The molecule has 0 spiro atoms. The molecule has 122 valence electrons. The highest BCUT2D eigenvalue weighted by molar-refractivity contribution is 5.95. The molecule has 0 unspecified atom stereocenters. The van der Waals surface area contributed by atoms with Crippen LogP contribution in [0, 0.1) is 13.8 Å². The highest BCUT2D eigenvalue weighted by atomic mass is 16.5. The summed E-state index contributed by atoms with van der Waals surface area (Å²) in [6.45, 7) is 5.75. The topological polar surface area (TPSA) is 68.0 Å². The molecule has 0 saturated heterocycles. The molecule has 5 nitrogen and oxygen atoms in total. The van der Waals surface area contributed by atoms with Crippen molar-refractivity contribution in [1.29, 1.82) is 0 Å². The quantitative estimate of drug-likeness (QED) is 0.792. The summed E-state index contributed by atoms with van der Waals surface area (Å²) in [5.74, 6) is 0.741. The number of carbonyl (C=O) groups is 1. The van der Waals surface area contributed by atoms with Crippen LogP contribution in [0.2, 0.25) is 0 Å². The maximum atomic E-state index is 12.4. The third kappa shape index (κ3) is 3.35. The van der Waals surface area contributed by atoms with Gasteiger partial charge in [-0.2, -0.15) is 4.98 Å². The summed E-state index contributed by atoms with van der Waals surface area (Å²) in [4.78, 5) is 16.7. The molecule has 0 aliphatic carbocycles. The number of nitrogens with zero attached hydrogens (tertiary/aromatic N) is 2. The zero-order valence-corrected chi connectivity index (χ0v) is 13.9. The Kier molecular flexibility index (Phi) is 4.42. The third-order valence-electron chi connectivity index (χ3n) is 3.86. The SMILES string of the molecule is Cc1ccc(-c2noc([C@H](C)NC(=O)c3ccccc3C)n2)cc1. The van der Waals surface area contributed by atoms with Gasteiger partial charge < -0.3 is 9.84 Å². The maximum absolute atomic E-state index is 12.4. The Morgan fingerprint density at radius 2 is 1.79 bits per heavy atom. The molecule has 1 aromatic heterocycles. The molecule has 1 heterocycles. The van der Waals surface area contributed by atoms with Gasteiger partial charge in [-0.1, -0.05) is 53.2 Å². The van der Waals surface area contributed by atoms with Crippen molar-refractivity contribution in [2.75, 3.05) is 0 Å². The number of benzene rings is 2. The van der Waals surface area contributed by atoms with E-state index in [0.29, 0.717) is 17.3 Å². The lowest BCUT2D eigenvalue weighted by Gasteiger charge is -2.11. The molecule has 0 bridgehead atoms. The predicted octanol–water partition coefficient (Wildman–Crippen LogP) is 3.84. The fraction of sp³-hybridized carbons (Fsp3) is 0.211. The number of hydrogen-bond acceptors (Lipinski definition) is 4. The minimum absolute atomic E-state index is 0.157. The minimum atomic E-state index is -0.371. The van der Waals surface area contributed by atoms with Gasteiger partial charge in [-0.05, 0) is 32.4 Å². The van der Waals surface area contributed by atoms with Gasteiger partial charge in [0.2, 0.25) is 11.7 Å². The average Bonchev–Trinajstić information content (AvgIpc) is 3.06. The Labute approximate surface area is 140 Å². The fourth-order valence-corrected chi connectivity index (χ4v) is 2.39. The largest absolute Gasteiger partial charge is 0.341 e. The Balaban J connectivity index is 1.74. The normalized spacial score (nSPS) is 12.0. The van der Waals surface area contributed by atoms with Crippen LogP contribution < -0.4 is 5.32 Å². The second-order valence-electron chi connectivity index (χ2n) is 5.83. The van der Waals surface area contributed by atoms with E-state index in [-0.39, 0.29) is 11.9 Å². The molecule has 0 fully saturated rings. The molecule has 0 saturated carbocycles. The Hall–Kier alpha value is -2.95. The van der Waals surface area contributed by atoms with Gasteiger partial charge in [0, 0.05) is 11.1 Å². The van der Waals surface area contributed by atoms with Gasteiger partial charge in [0.1, 0.15) is 6.04 Å². The first-order valence-corrected chi connectivity index (χ1v) is 7.82. The van der Waals surface area contributed by atoms with E-state index in [1.807, 2.05) is 63.2 Å². The van der Waals surface area contributed by atoms with Crippen LogP contribution in [-0.4, -0.2) is 16.0 Å². The van der Waals surface area contributed by atoms with Crippen LogP contribution in [0.4, 0.5) is 0 Å². The molecule has 24 heavy (non-hydrogen) atoms. The van der Waals surface area contributed by atoms with E-state index >= 15 is 0 Å². The van der Waals surface area contributed by atoms with Gasteiger partial charge in [-0.15, -0.1) is 0 Å². The van der Waals surface area contributed by atoms with Crippen molar-refractivity contribution in [3.05, 3.63) is 71.1 Å². The molecule has 5 heteroatoms. The highest BCUT2D eigenvalue weighted by Crippen LogP contribution is 2.19.